The van der Waals surface area contributed by atoms with Gasteiger partial charge in [0, 0.05) is 60.7 Å². The van der Waals surface area contributed by atoms with E-state index in [0.717, 1.165) is 51.9 Å². The molecule has 0 spiro atoms. The fourth-order valence-electron chi connectivity index (χ4n) is 12.0. The lowest BCUT2D eigenvalue weighted by molar-refractivity contribution is 0.332. The van der Waals surface area contributed by atoms with Gasteiger partial charge in [0.25, 0.3) is 0 Å². The van der Waals surface area contributed by atoms with Crippen LogP contribution in [0.4, 0.5) is 11.4 Å². The third-order valence-electron chi connectivity index (χ3n) is 16.0. The summed E-state index contributed by atoms with van der Waals surface area (Å²) >= 11 is 0. The van der Waals surface area contributed by atoms with Crippen LogP contribution >= 0.6 is 0 Å². The molecule has 1 N–H and O–H groups in total. The molecule has 1 aliphatic heterocycles. The average molecular weight is 848 g/mol. The number of hydrogen-bond acceptors (Lipinski definition) is 2. The van der Waals surface area contributed by atoms with Crippen LogP contribution in [-0.4, -0.2) is 11.8 Å². The molecule has 2 aliphatic carbocycles. The van der Waals surface area contributed by atoms with E-state index in [9.17, 15) is 0 Å². The maximum atomic E-state index is 7.32. The molecule has 0 amide bonds. The van der Waals surface area contributed by atoms with E-state index in [-0.39, 0.29) is 27.1 Å². The van der Waals surface area contributed by atoms with Crippen molar-refractivity contribution in [2.75, 3.05) is 5.32 Å². The lowest BCUT2D eigenvalue weighted by atomic mass is 9.58. The topological polar surface area (TPSA) is 30.1 Å². The van der Waals surface area contributed by atoms with Crippen molar-refractivity contribution >= 4 is 73.3 Å². The molecule has 0 bridgehead atoms. The number of rotatable bonds is 3. The molecule has 0 atom stereocenters. The normalized spacial score (nSPS) is 16.7. The average Bonchev–Trinajstić information content (AvgIpc) is 3.87. The van der Waals surface area contributed by atoms with Gasteiger partial charge >= 0.3 is 0 Å². The molecule has 4 heteroatoms. The minimum Gasteiger partial charge on any atom is -0.455 e. The van der Waals surface area contributed by atoms with Gasteiger partial charge in [-0.1, -0.05) is 155 Å². The molecule has 3 nitrogen and oxygen atoms in total. The van der Waals surface area contributed by atoms with E-state index >= 15 is 0 Å². The van der Waals surface area contributed by atoms with E-state index in [0.29, 0.717) is 0 Å². The highest BCUT2D eigenvalue weighted by molar-refractivity contribution is 6.74. The first-order chi connectivity index (χ1) is 30.7. The minimum atomic E-state index is -0.136. The number of fused-ring (bicyclic) bond motifs is 13. The third-order valence-corrected chi connectivity index (χ3v) is 16.0. The fraction of sp³-hybridized carbons (Fsp3) is 0.311. The number of furan rings is 1. The van der Waals surface area contributed by atoms with Gasteiger partial charge in [-0.05, 0) is 133 Å². The van der Waals surface area contributed by atoms with Gasteiger partial charge in [-0.3, -0.25) is 0 Å². The van der Waals surface area contributed by atoms with Crippen molar-refractivity contribution in [3.8, 4) is 27.9 Å². The predicted molar refractivity (Wildman–Crippen MR) is 278 cm³/mol. The molecule has 2 aromatic heterocycles. The Morgan fingerprint density at radius 3 is 1.97 bits per heavy atom. The SMILES string of the molecule is CC(C)(C)c1ccc(Nc2ccc(C(C)(C)C)cc2-c2c3c4c(c5cc6c(cc5n4-c4cc5c(cc4[B]3)-c3ccccc3C5(C)C)C(C)(C)CCC6(C)C)c3c2oc2ccccc23)cc1. The minimum absolute atomic E-state index is 0.0473. The van der Waals surface area contributed by atoms with Crippen LogP contribution in [0.25, 0.3) is 71.7 Å². The van der Waals surface area contributed by atoms with E-state index in [1.165, 1.54) is 88.3 Å². The second-order valence-corrected chi connectivity index (χ2v) is 23.6. The van der Waals surface area contributed by atoms with Crippen LogP contribution in [0.3, 0.4) is 0 Å². The molecule has 9 aromatic rings. The van der Waals surface area contributed by atoms with Crippen molar-refractivity contribution in [3.63, 3.8) is 0 Å². The molecule has 0 fully saturated rings. The van der Waals surface area contributed by atoms with Crippen LogP contribution in [0.5, 0.6) is 0 Å². The third kappa shape index (κ3) is 5.74. The zero-order chi connectivity index (χ0) is 45.3. The fourth-order valence-corrected chi connectivity index (χ4v) is 12.0. The largest absolute Gasteiger partial charge is 0.455 e. The predicted octanol–water partition coefficient (Wildman–Crippen LogP) is 15.3. The highest BCUT2D eigenvalue weighted by Gasteiger charge is 2.41. The van der Waals surface area contributed by atoms with Crippen LogP contribution in [0.1, 0.15) is 129 Å². The standard InChI is InChI=1S/C61H60BN2O/c1-57(2,3)34-21-24-36(25-22-34)63-47-26-23-35(58(4,5)6)29-40(47)53-54-55-51(52-38-18-14-16-20-50(38)65-56(52)53)41-30-44-45(60(9,10)28-27-59(44,7)8)33-48(41)64(55)49-32-43-39(31-46(49)62-54)37-17-13-15-19-42(37)61(43,11)12/h13-26,29-33,63H,27-28H2,1-12H3. The first-order valence-corrected chi connectivity index (χ1v) is 23.9. The molecular formula is C61H60BN2O. The van der Waals surface area contributed by atoms with Crippen LogP contribution in [0.15, 0.2) is 120 Å². The van der Waals surface area contributed by atoms with Crippen molar-refractivity contribution in [2.45, 2.75) is 123 Å². The summed E-state index contributed by atoms with van der Waals surface area (Å²) in [5.41, 5.74) is 23.4. The summed E-state index contributed by atoms with van der Waals surface area (Å²) in [5, 5.41) is 8.89. The van der Waals surface area contributed by atoms with Crippen molar-refractivity contribution in [1.82, 2.24) is 4.57 Å². The maximum Gasteiger partial charge on any atom is 0.198 e. The molecule has 65 heavy (non-hydrogen) atoms. The lowest BCUT2D eigenvalue weighted by Crippen LogP contribution is -2.38. The Hall–Kier alpha value is -6.00. The first kappa shape index (κ1) is 40.5. The Balaban J connectivity index is 1.25. The van der Waals surface area contributed by atoms with Gasteiger partial charge in [-0.2, -0.15) is 0 Å². The van der Waals surface area contributed by atoms with Gasteiger partial charge in [0.15, 0.2) is 7.28 Å². The maximum absolute atomic E-state index is 7.32. The number of benzene rings is 7. The molecule has 12 rings (SSSR count). The number of para-hydroxylation sites is 1. The summed E-state index contributed by atoms with van der Waals surface area (Å²) in [6.07, 6.45) is 2.32. The summed E-state index contributed by atoms with van der Waals surface area (Å²) in [5.74, 6) is 0. The summed E-state index contributed by atoms with van der Waals surface area (Å²) in [6, 6.07) is 44.0. The Morgan fingerprint density at radius 2 is 1.25 bits per heavy atom. The lowest BCUT2D eigenvalue weighted by Gasteiger charge is -2.42. The van der Waals surface area contributed by atoms with E-state index < -0.39 is 0 Å². The summed E-state index contributed by atoms with van der Waals surface area (Å²) in [6.45, 7) is 28.4. The molecule has 0 saturated carbocycles. The van der Waals surface area contributed by atoms with Crippen molar-refractivity contribution in [2.24, 2.45) is 0 Å². The van der Waals surface area contributed by atoms with Crippen LogP contribution in [0.2, 0.25) is 0 Å². The van der Waals surface area contributed by atoms with Crippen molar-refractivity contribution in [1.29, 1.82) is 0 Å². The molecule has 0 saturated heterocycles. The Kier molecular flexibility index (Phi) is 8.16. The first-order valence-electron chi connectivity index (χ1n) is 23.9. The summed E-state index contributed by atoms with van der Waals surface area (Å²) in [4.78, 5) is 0. The molecule has 3 heterocycles. The van der Waals surface area contributed by atoms with Gasteiger partial charge in [0.1, 0.15) is 11.2 Å². The number of nitrogens with zero attached hydrogens (tertiary/aromatic N) is 1. The summed E-state index contributed by atoms with van der Waals surface area (Å²) in [7, 11) is 2.51. The second kappa shape index (κ2) is 13.1. The van der Waals surface area contributed by atoms with Gasteiger partial charge in [-0.25, -0.2) is 0 Å². The van der Waals surface area contributed by atoms with Gasteiger partial charge in [0.05, 0.1) is 5.52 Å². The van der Waals surface area contributed by atoms with E-state index in [4.69, 9.17) is 4.42 Å². The highest BCUT2D eigenvalue weighted by atomic mass is 16.3. The number of anilines is 2. The molecule has 323 valence electrons. The van der Waals surface area contributed by atoms with Crippen LogP contribution in [-0.2, 0) is 27.1 Å². The Labute approximate surface area is 385 Å². The number of aromatic nitrogens is 1. The molecule has 0 unspecified atom stereocenters. The molecule has 1 radical (unpaired) electrons. The second-order valence-electron chi connectivity index (χ2n) is 23.6. The summed E-state index contributed by atoms with van der Waals surface area (Å²) < 4.78 is 9.99. The molecule has 7 aromatic carbocycles. The highest BCUT2D eigenvalue weighted by Crippen LogP contribution is 2.54. The van der Waals surface area contributed by atoms with E-state index in [1.54, 1.807) is 0 Å². The van der Waals surface area contributed by atoms with Gasteiger partial charge in [0.2, 0.25) is 0 Å². The van der Waals surface area contributed by atoms with Crippen LogP contribution in [0, 0.1) is 0 Å². The Morgan fingerprint density at radius 1 is 0.585 bits per heavy atom. The smallest absolute Gasteiger partial charge is 0.198 e. The zero-order valence-corrected chi connectivity index (χ0v) is 40.3. The monoisotopic (exact) mass is 847 g/mol. The van der Waals surface area contributed by atoms with E-state index in [2.05, 4.69) is 216 Å². The quantitative estimate of drug-likeness (QED) is 0.180. The zero-order valence-electron chi connectivity index (χ0n) is 40.3. The van der Waals surface area contributed by atoms with Gasteiger partial charge in [-0.15, -0.1) is 0 Å². The van der Waals surface area contributed by atoms with Crippen molar-refractivity contribution in [3.05, 3.63) is 149 Å². The molecular weight excluding hydrogens is 787 g/mol. The Bertz CT molecular complexity index is 3520. The molecule has 3 aliphatic rings. The van der Waals surface area contributed by atoms with E-state index in [1.807, 2.05) is 0 Å². The van der Waals surface area contributed by atoms with Crippen LogP contribution < -0.4 is 16.2 Å². The van der Waals surface area contributed by atoms with Crippen molar-refractivity contribution < 1.29 is 4.42 Å². The number of nitrogens with one attached hydrogen (secondary N) is 1. The van der Waals surface area contributed by atoms with Gasteiger partial charge < -0.3 is 14.3 Å². The number of hydrogen-bond donors (Lipinski definition) is 1.